The first kappa shape index (κ1) is 20.8. The quantitative estimate of drug-likeness (QED) is 0.522. The number of amides is 2. The molecule has 0 unspecified atom stereocenters. The van der Waals surface area contributed by atoms with Crippen LogP contribution in [0.15, 0.2) is 52.1 Å². The zero-order valence-corrected chi connectivity index (χ0v) is 16.7. The van der Waals surface area contributed by atoms with E-state index in [1.807, 2.05) is 32.0 Å². The highest BCUT2D eigenvalue weighted by Crippen LogP contribution is 2.18. The Balaban J connectivity index is 1.53. The summed E-state index contributed by atoms with van der Waals surface area (Å²) in [4.78, 5) is 50.2. The van der Waals surface area contributed by atoms with E-state index in [-0.39, 0.29) is 19.6 Å². The fourth-order valence-corrected chi connectivity index (χ4v) is 2.92. The van der Waals surface area contributed by atoms with Gasteiger partial charge in [-0.3, -0.25) is 34.8 Å². The van der Waals surface area contributed by atoms with Crippen molar-refractivity contribution in [3.05, 3.63) is 74.4 Å². The van der Waals surface area contributed by atoms with E-state index in [1.165, 1.54) is 4.57 Å². The van der Waals surface area contributed by atoms with Gasteiger partial charge in [-0.1, -0.05) is 24.3 Å². The first-order chi connectivity index (χ1) is 14.3. The van der Waals surface area contributed by atoms with Crippen LogP contribution in [0.5, 0.6) is 5.75 Å². The third-order valence-electron chi connectivity index (χ3n) is 4.51. The van der Waals surface area contributed by atoms with Gasteiger partial charge in [0.1, 0.15) is 5.75 Å². The maximum Gasteiger partial charge on any atom is 0.328 e. The van der Waals surface area contributed by atoms with Crippen LogP contribution in [-0.4, -0.2) is 28.0 Å². The number of carbonyl (C=O) groups excluding carboxylic acids is 2. The minimum absolute atomic E-state index is 0.0385. The van der Waals surface area contributed by atoms with Crippen molar-refractivity contribution in [2.24, 2.45) is 0 Å². The normalized spacial score (nSPS) is 10.6. The van der Waals surface area contributed by atoms with Crippen LogP contribution in [0.1, 0.15) is 17.5 Å². The fraction of sp³-hybridized carbons (Fsp3) is 0.238. The standard InChI is InChI=1S/C21H22N4O5/c1-13-7-8-14(2)17(11-13)30-12-19(27)24-23-18(26)9-10-25-16-6-4-3-5-15(16)20(28)22-21(25)29/h3-8,11H,9-10,12H2,1-2H3,(H,23,26)(H,24,27)(H,22,28,29). The van der Waals surface area contributed by atoms with Crippen LogP contribution < -0.4 is 26.8 Å². The molecule has 3 N–H and O–H groups in total. The second-order valence-corrected chi connectivity index (χ2v) is 6.83. The average Bonchev–Trinajstić information content (AvgIpc) is 2.72. The molecule has 0 spiro atoms. The molecule has 9 nitrogen and oxygen atoms in total. The number of fused-ring (bicyclic) bond motifs is 1. The molecule has 0 aliphatic rings. The molecular formula is C21H22N4O5. The summed E-state index contributed by atoms with van der Waals surface area (Å²) in [5, 5.41) is 0.356. The molecule has 0 bridgehead atoms. The first-order valence-electron chi connectivity index (χ1n) is 9.35. The number of aromatic amines is 1. The van der Waals surface area contributed by atoms with E-state index in [0.717, 1.165) is 11.1 Å². The number of aryl methyl sites for hydroxylation is 3. The minimum atomic E-state index is -0.600. The summed E-state index contributed by atoms with van der Waals surface area (Å²) in [6.07, 6.45) is -0.0753. The van der Waals surface area contributed by atoms with E-state index < -0.39 is 23.1 Å². The topological polar surface area (TPSA) is 122 Å². The van der Waals surface area contributed by atoms with Gasteiger partial charge in [0.2, 0.25) is 5.91 Å². The van der Waals surface area contributed by atoms with Gasteiger partial charge >= 0.3 is 5.69 Å². The Bertz CT molecular complexity index is 1210. The molecule has 0 saturated heterocycles. The van der Waals surface area contributed by atoms with Crippen molar-refractivity contribution in [1.82, 2.24) is 20.4 Å². The molecule has 0 fully saturated rings. The van der Waals surface area contributed by atoms with Crippen LogP contribution in [0, 0.1) is 13.8 Å². The van der Waals surface area contributed by atoms with Gasteiger partial charge in [0, 0.05) is 13.0 Å². The van der Waals surface area contributed by atoms with Crippen molar-refractivity contribution in [2.75, 3.05) is 6.61 Å². The lowest BCUT2D eigenvalue weighted by Gasteiger charge is -2.12. The van der Waals surface area contributed by atoms with E-state index in [4.69, 9.17) is 4.74 Å². The largest absolute Gasteiger partial charge is 0.483 e. The predicted octanol–water partition coefficient (Wildman–Crippen LogP) is 0.923. The Morgan fingerprint density at radius 2 is 1.77 bits per heavy atom. The minimum Gasteiger partial charge on any atom is -0.483 e. The molecule has 0 atom stereocenters. The number of benzene rings is 2. The maximum absolute atomic E-state index is 12.1. The summed E-state index contributed by atoms with van der Waals surface area (Å²) < 4.78 is 6.78. The Kier molecular flexibility index (Phi) is 6.31. The molecule has 3 aromatic rings. The Hall–Kier alpha value is -3.88. The number of nitrogens with zero attached hydrogens (tertiary/aromatic N) is 1. The molecule has 0 saturated carbocycles. The number of H-pyrrole nitrogens is 1. The van der Waals surface area contributed by atoms with E-state index in [2.05, 4.69) is 15.8 Å². The van der Waals surface area contributed by atoms with Gasteiger partial charge < -0.3 is 4.74 Å². The monoisotopic (exact) mass is 410 g/mol. The number of nitrogens with one attached hydrogen (secondary N) is 3. The number of carbonyl (C=O) groups is 2. The summed E-state index contributed by atoms with van der Waals surface area (Å²) >= 11 is 0. The van der Waals surface area contributed by atoms with Gasteiger partial charge in [-0.05, 0) is 43.2 Å². The Morgan fingerprint density at radius 3 is 2.57 bits per heavy atom. The molecule has 3 rings (SSSR count). The van der Waals surface area contributed by atoms with Gasteiger partial charge in [-0.2, -0.15) is 0 Å². The van der Waals surface area contributed by atoms with Gasteiger partial charge in [0.05, 0.1) is 10.9 Å². The second kappa shape index (κ2) is 9.08. The van der Waals surface area contributed by atoms with Crippen LogP contribution in [-0.2, 0) is 16.1 Å². The third kappa shape index (κ3) is 4.93. The number of rotatable bonds is 6. The lowest BCUT2D eigenvalue weighted by atomic mass is 10.1. The molecule has 1 heterocycles. The summed E-state index contributed by atoms with van der Waals surface area (Å²) in [6, 6.07) is 12.3. The number of hydrogen-bond acceptors (Lipinski definition) is 5. The summed E-state index contributed by atoms with van der Waals surface area (Å²) in [7, 11) is 0. The van der Waals surface area contributed by atoms with Crippen molar-refractivity contribution in [3.63, 3.8) is 0 Å². The van der Waals surface area contributed by atoms with Crippen molar-refractivity contribution in [2.45, 2.75) is 26.8 Å². The average molecular weight is 410 g/mol. The molecule has 0 aliphatic carbocycles. The lowest BCUT2D eigenvalue weighted by Crippen LogP contribution is -2.44. The van der Waals surface area contributed by atoms with Crippen LogP contribution in [0.2, 0.25) is 0 Å². The molecule has 156 valence electrons. The SMILES string of the molecule is Cc1ccc(C)c(OCC(=O)NNC(=O)CCn2c(=O)[nH]c(=O)c3ccccc32)c1. The summed E-state index contributed by atoms with van der Waals surface area (Å²) in [5.74, 6) is -0.408. The molecule has 0 aliphatic heterocycles. The van der Waals surface area contributed by atoms with E-state index in [9.17, 15) is 19.2 Å². The first-order valence-corrected chi connectivity index (χ1v) is 9.35. The van der Waals surface area contributed by atoms with Gasteiger partial charge in [0.15, 0.2) is 6.61 Å². The van der Waals surface area contributed by atoms with Gasteiger partial charge in [0.25, 0.3) is 11.5 Å². The van der Waals surface area contributed by atoms with Gasteiger partial charge in [-0.15, -0.1) is 0 Å². The van der Waals surface area contributed by atoms with Crippen molar-refractivity contribution < 1.29 is 14.3 Å². The van der Waals surface area contributed by atoms with Crippen LogP contribution in [0.25, 0.3) is 10.9 Å². The molecule has 2 amide bonds. The van der Waals surface area contributed by atoms with E-state index in [0.29, 0.717) is 16.7 Å². The molecule has 2 aromatic carbocycles. The molecule has 30 heavy (non-hydrogen) atoms. The van der Waals surface area contributed by atoms with E-state index in [1.54, 1.807) is 24.3 Å². The van der Waals surface area contributed by atoms with E-state index >= 15 is 0 Å². The predicted molar refractivity (Wildman–Crippen MR) is 111 cm³/mol. The number of hydrogen-bond donors (Lipinski definition) is 3. The van der Waals surface area contributed by atoms with Crippen LogP contribution in [0.3, 0.4) is 0 Å². The summed E-state index contributed by atoms with van der Waals surface area (Å²) in [5.41, 5.74) is 5.83. The highest BCUT2D eigenvalue weighted by molar-refractivity contribution is 5.83. The lowest BCUT2D eigenvalue weighted by molar-refractivity contribution is -0.130. The highest BCUT2D eigenvalue weighted by Gasteiger charge is 2.10. The van der Waals surface area contributed by atoms with Crippen molar-refractivity contribution in [3.8, 4) is 5.75 Å². The third-order valence-corrected chi connectivity index (χ3v) is 4.51. The Labute approximate surface area is 171 Å². The Morgan fingerprint density at radius 1 is 1.03 bits per heavy atom. The fourth-order valence-electron chi connectivity index (χ4n) is 2.92. The number of aromatic nitrogens is 2. The number of ether oxygens (including phenoxy) is 1. The zero-order chi connectivity index (χ0) is 21.7. The number of hydrazine groups is 1. The molecule has 9 heteroatoms. The maximum atomic E-state index is 12.1. The second-order valence-electron chi connectivity index (χ2n) is 6.83. The smallest absolute Gasteiger partial charge is 0.328 e. The van der Waals surface area contributed by atoms with Crippen molar-refractivity contribution >= 4 is 22.7 Å². The molecule has 1 aromatic heterocycles. The molecule has 0 radical (unpaired) electrons. The van der Waals surface area contributed by atoms with Gasteiger partial charge in [-0.25, -0.2) is 4.79 Å². The highest BCUT2D eigenvalue weighted by atomic mass is 16.5. The van der Waals surface area contributed by atoms with Crippen LogP contribution >= 0.6 is 0 Å². The molecular weight excluding hydrogens is 388 g/mol. The summed E-state index contributed by atoms with van der Waals surface area (Å²) in [6.45, 7) is 3.58. The number of para-hydroxylation sites is 1. The zero-order valence-electron chi connectivity index (χ0n) is 16.7. The van der Waals surface area contributed by atoms with Crippen LogP contribution in [0.4, 0.5) is 0 Å². The van der Waals surface area contributed by atoms with Crippen molar-refractivity contribution in [1.29, 1.82) is 0 Å².